The van der Waals surface area contributed by atoms with Crippen LogP contribution in [0.15, 0.2) is 24.5 Å². The van der Waals surface area contributed by atoms with E-state index in [1.807, 2.05) is 12.1 Å². The number of hydrogen-bond donors (Lipinski definition) is 3. The summed E-state index contributed by atoms with van der Waals surface area (Å²) in [5, 5.41) is 0. The zero-order chi connectivity index (χ0) is 10.3. The van der Waals surface area contributed by atoms with E-state index in [0.717, 1.165) is 5.56 Å². The molecule has 0 aliphatic rings. The van der Waals surface area contributed by atoms with Crippen LogP contribution in [0.1, 0.15) is 5.56 Å². The molecule has 1 aromatic rings. The molecule has 0 saturated heterocycles. The normalized spacial score (nSPS) is 10.1. The molecule has 0 radical (unpaired) electrons. The topological polar surface area (TPSA) is 114 Å². The smallest absolute Gasteiger partial charge is 0.326 e. The van der Waals surface area contributed by atoms with E-state index < -0.39 is 10.4 Å². The van der Waals surface area contributed by atoms with Gasteiger partial charge in [-0.2, -0.15) is 8.42 Å². The van der Waals surface area contributed by atoms with Crippen molar-refractivity contribution >= 4 is 10.4 Å². The monoisotopic (exact) mass is 206 g/mol. The predicted octanol–water partition coefficient (Wildman–Crippen LogP) is -0.112. The van der Waals surface area contributed by atoms with E-state index in [2.05, 4.69) is 4.98 Å². The van der Waals surface area contributed by atoms with E-state index >= 15 is 0 Å². The van der Waals surface area contributed by atoms with Crippen LogP contribution in [0.4, 0.5) is 0 Å². The molecule has 6 nitrogen and oxygen atoms in total. The molecule has 0 bridgehead atoms. The Bertz CT molecular complexity index is 316. The number of rotatable bonds is 1. The predicted molar refractivity (Wildman–Crippen MR) is 46.3 cm³/mol. The minimum Gasteiger partial charge on any atom is -0.326 e. The number of nitrogens with two attached hydrogens (primary N) is 1. The Morgan fingerprint density at radius 1 is 1.31 bits per heavy atom. The van der Waals surface area contributed by atoms with E-state index in [9.17, 15) is 0 Å². The molecule has 74 valence electrons. The second kappa shape index (κ2) is 5.60. The van der Waals surface area contributed by atoms with Crippen molar-refractivity contribution in [3.8, 4) is 0 Å². The van der Waals surface area contributed by atoms with Gasteiger partial charge in [0, 0.05) is 18.9 Å². The van der Waals surface area contributed by atoms with Crippen molar-refractivity contribution in [1.29, 1.82) is 0 Å². The van der Waals surface area contributed by atoms with Crippen LogP contribution in [-0.2, 0) is 16.9 Å². The van der Waals surface area contributed by atoms with Gasteiger partial charge in [0.15, 0.2) is 0 Å². The Balaban J connectivity index is 0.000000252. The highest BCUT2D eigenvalue weighted by atomic mass is 32.3. The second-order valence-electron chi connectivity index (χ2n) is 2.01. The first-order valence-electron chi connectivity index (χ1n) is 3.22. The van der Waals surface area contributed by atoms with Crippen LogP contribution >= 0.6 is 0 Å². The van der Waals surface area contributed by atoms with Gasteiger partial charge in [-0.3, -0.25) is 14.1 Å². The zero-order valence-corrected chi connectivity index (χ0v) is 7.48. The summed E-state index contributed by atoms with van der Waals surface area (Å²) in [5.41, 5.74) is 6.45. The van der Waals surface area contributed by atoms with Gasteiger partial charge in [0.05, 0.1) is 0 Å². The summed E-state index contributed by atoms with van der Waals surface area (Å²) >= 11 is 0. The minimum atomic E-state index is -4.67. The summed E-state index contributed by atoms with van der Waals surface area (Å²) in [7, 11) is -4.67. The highest BCUT2D eigenvalue weighted by Gasteiger charge is 1.84. The maximum absolute atomic E-state index is 8.74. The first-order valence-corrected chi connectivity index (χ1v) is 4.62. The molecule has 0 unspecified atom stereocenters. The fraction of sp³-hybridized carbons (Fsp3) is 0.167. The Morgan fingerprint density at radius 2 is 1.69 bits per heavy atom. The Labute approximate surface area is 76.0 Å². The second-order valence-corrected chi connectivity index (χ2v) is 2.90. The van der Waals surface area contributed by atoms with Crippen LogP contribution in [0, 0.1) is 0 Å². The molecule has 13 heavy (non-hydrogen) atoms. The molecule has 1 heterocycles. The SMILES string of the molecule is NCc1ccncc1.O=S(=O)(O)O. The van der Waals surface area contributed by atoms with Crippen molar-refractivity contribution < 1.29 is 17.5 Å². The molecule has 4 N–H and O–H groups in total. The van der Waals surface area contributed by atoms with Gasteiger partial charge in [-0.15, -0.1) is 0 Å². The quantitative estimate of drug-likeness (QED) is 0.552. The molecule has 0 aromatic carbocycles. The van der Waals surface area contributed by atoms with Gasteiger partial charge in [-0.05, 0) is 17.7 Å². The van der Waals surface area contributed by atoms with E-state index in [1.54, 1.807) is 12.4 Å². The third-order valence-electron chi connectivity index (χ3n) is 0.985. The highest BCUT2D eigenvalue weighted by Crippen LogP contribution is 1.91. The first kappa shape index (κ1) is 12.0. The number of aromatic nitrogens is 1. The lowest BCUT2D eigenvalue weighted by atomic mass is 10.3. The van der Waals surface area contributed by atoms with Crippen molar-refractivity contribution in [2.75, 3.05) is 0 Å². The van der Waals surface area contributed by atoms with E-state index in [-0.39, 0.29) is 0 Å². The molecule has 0 atom stereocenters. The zero-order valence-electron chi connectivity index (χ0n) is 6.66. The Kier molecular flexibility index (Phi) is 5.16. The lowest BCUT2D eigenvalue weighted by Crippen LogP contribution is -1.94. The van der Waals surface area contributed by atoms with Crippen LogP contribution in [0.3, 0.4) is 0 Å². The number of nitrogens with zero attached hydrogens (tertiary/aromatic N) is 1. The van der Waals surface area contributed by atoms with E-state index in [4.69, 9.17) is 23.3 Å². The van der Waals surface area contributed by atoms with Gasteiger partial charge in [0.1, 0.15) is 0 Å². The third-order valence-corrected chi connectivity index (χ3v) is 0.985. The molecule has 7 heteroatoms. The maximum atomic E-state index is 8.74. The Morgan fingerprint density at radius 3 is 1.92 bits per heavy atom. The molecular weight excluding hydrogens is 196 g/mol. The van der Waals surface area contributed by atoms with Gasteiger partial charge in [-0.1, -0.05) is 0 Å². The van der Waals surface area contributed by atoms with Gasteiger partial charge in [0.2, 0.25) is 0 Å². The summed E-state index contributed by atoms with van der Waals surface area (Å²) in [4.78, 5) is 3.84. The largest absolute Gasteiger partial charge is 0.394 e. The molecular formula is C6H10N2O4S. The molecule has 0 amide bonds. The van der Waals surface area contributed by atoms with Crippen molar-refractivity contribution in [2.24, 2.45) is 5.73 Å². The van der Waals surface area contributed by atoms with Crippen molar-refractivity contribution in [3.63, 3.8) is 0 Å². The minimum absolute atomic E-state index is 0.600. The summed E-state index contributed by atoms with van der Waals surface area (Å²) in [6, 6.07) is 3.81. The van der Waals surface area contributed by atoms with Crippen LogP contribution in [0.25, 0.3) is 0 Å². The maximum Gasteiger partial charge on any atom is 0.394 e. The molecule has 1 aromatic heterocycles. The molecule has 0 aliphatic carbocycles. The fourth-order valence-corrected chi connectivity index (χ4v) is 0.519. The summed E-state index contributed by atoms with van der Waals surface area (Å²) < 4.78 is 31.6. The lowest BCUT2D eigenvalue weighted by molar-refractivity contribution is 0.381. The summed E-state index contributed by atoms with van der Waals surface area (Å²) in [5.74, 6) is 0. The molecule has 0 aliphatic heterocycles. The Hall–Kier alpha value is -1.02. The fourth-order valence-electron chi connectivity index (χ4n) is 0.519. The standard InChI is InChI=1S/C6H8N2.H2O4S/c7-5-6-1-3-8-4-2-6;1-5(2,3)4/h1-4H,5,7H2;(H2,1,2,3,4). The highest BCUT2D eigenvalue weighted by molar-refractivity contribution is 7.79. The number of hydrogen-bond acceptors (Lipinski definition) is 4. The molecule has 1 rings (SSSR count). The lowest BCUT2D eigenvalue weighted by Gasteiger charge is -1.89. The van der Waals surface area contributed by atoms with Crippen molar-refractivity contribution in [2.45, 2.75) is 6.54 Å². The van der Waals surface area contributed by atoms with Crippen LogP contribution in [0.2, 0.25) is 0 Å². The summed E-state index contributed by atoms with van der Waals surface area (Å²) in [6.45, 7) is 0.600. The van der Waals surface area contributed by atoms with Crippen LogP contribution < -0.4 is 5.73 Å². The molecule has 0 spiro atoms. The van der Waals surface area contributed by atoms with Gasteiger partial charge in [-0.25, -0.2) is 0 Å². The number of pyridine rings is 1. The van der Waals surface area contributed by atoms with Gasteiger partial charge >= 0.3 is 10.4 Å². The van der Waals surface area contributed by atoms with Crippen LogP contribution in [-0.4, -0.2) is 22.5 Å². The molecule has 0 fully saturated rings. The van der Waals surface area contributed by atoms with Gasteiger partial charge in [0.25, 0.3) is 0 Å². The average Bonchev–Trinajstić information content (AvgIpc) is 2.03. The average molecular weight is 206 g/mol. The van der Waals surface area contributed by atoms with Crippen molar-refractivity contribution in [3.05, 3.63) is 30.1 Å². The van der Waals surface area contributed by atoms with E-state index in [0.29, 0.717) is 6.54 Å². The first-order chi connectivity index (χ1) is 5.93. The van der Waals surface area contributed by atoms with Crippen molar-refractivity contribution in [1.82, 2.24) is 4.98 Å². The summed E-state index contributed by atoms with van der Waals surface area (Å²) in [6.07, 6.45) is 3.48. The van der Waals surface area contributed by atoms with Crippen LogP contribution in [0.5, 0.6) is 0 Å². The van der Waals surface area contributed by atoms with Gasteiger partial charge < -0.3 is 5.73 Å². The molecule has 0 saturated carbocycles. The third kappa shape index (κ3) is 11.0. The van der Waals surface area contributed by atoms with E-state index in [1.165, 1.54) is 0 Å².